The predicted octanol–water partition coefficient (Wildman–Crippen LogP) is 2.66. The highest BCUT2D eigenvalue weighted by Gasteiger charge is 2.50. The number of carbonyl (C=O) groups excluding carboxylic acids is 1. The van der Waals surface area contributed by atoms with Gasteiger partial charge in [-0.2, -0.15) is 0 Å². The van der Waals surface area contributed by atoms with E-state index in [0.29, 0.717) is 11.8 Å². The van der Waals surface area contributed by atoms with Gasteiger partial charge in [-0.3, -0.25) is 4.79 Å². The summed E-state index contributed by atoms with van der Waals surface area (Å²) in [6.45, 7) is 3.49. The van der Waals surface area contributed by atoms with Crippen molar-refractivity contribution in [1.29, 1.82) is 0 Å². The van der Waals surface area contributed by atoms with Crippen LogP contribution in [0.3, 0.4) is 0 Å². The number of aliphatic carboxylic acids is 1. The Balaban J connectivity index is 1.71. The topological polar surface area (TPSA) is 54.4 Å². The molecule has 4 saturated carbocycles. The van der Waals surface area contributed by atoms with Crippen molar-refractivity contribution in [3.8, 4) is 0 Å². The number of hydrogen-bond acceptors (Lipinski definition) is 2. The van der Waals surface area contributed by atoms with Gasteiger partial charge in [0.25, 0.3) is 0 Å². The lowest BCUT2D eigenvalue weighted by Gasteiger charge is -2.53. The fraction of sp³-hybridized carbons (Fsp3) is 0.733. The molecule has 18 heavy (non-hydrogen) atoms. The van der Waals surface area contributed by atoms with Gasteiger partial charge in [0, 0.05) is 17.9 Å². The van der Waals surface area contributed by atoms with Crippen molar-refractivity contribution in [2.75, 3.05) is 0 Å². The second kappa shape index (κ2) is 4.22. The number of carboxylic acid groups (broad SMARTS) is 1. The Hall–Kier alpha value is -1.12. The minimum absolute atomic E-state index is 0.0440. The molecule has 0 aromatic carbocycles. The molecule has 3 heteroatoms. The van der Waals surface area contributed by atoms with E-state index in [9.17, 15) is 9.59 Å². The van der Waals surface area contributed by atoms with Gasteiger partial charge in [-0.1, -0.05) is 6.58 Å². The van der Waals surface area contributed by atoms with Crippen LogP contribution in [0.25, 0.3) is 0 Å². The van der Waals surface area contributed by atoms with E-state index < -0.39 is 5.97 Å². The van der Waals surface area contributed by atoms with E-state index in [0.717, 1.165) is 11.8 Å². The molecule has 0 aromatic heterocycles. The number of rotatable bonds is 4. The van der Waals surface area contributed by atoms with Crippen LogP contribution < -0.4 is 0 Å². The van der Waals surface area contributed by atoms with Crippen LogP contribution in [0.5, 0.6) is 0 Å². The molecule has 0 aliphatic heterocycles. The van der Waals surface area contributed by atoms with Gasteiger partial charge in [0.1, 0.15) is 5.78 Å². The lowest BCUT2D eigenvalue weighted by atomic mass is 9.51. The van der Waals surface area contributed by atoms with Gasteiger partial charge < -0.3 is 5.11 Å². The summed E-state index contributed by atoms with van der Waals surface area (Å²) < 4.78 is 0. The van der Waals surface area contributed by atoms with E-state index in [1.54, 1.807) is 0 Å². The van der Waals surface area contributed by atoms with Crippen LogP contribution in [0.15, 0.2) is 12.2 Å². The Morgan fingerprint density at radius 2 is 1.50 bits per heavy atom. The van der Waals surface area contributed by atoms with Gasteiger partial charge in [0.2, 0.25) is 0 Å². The summed E-state index contributed by atoms with van der Waals surface area (Å²) in [5, 5.41) is 8.83. The molecule has 3 nitrogen and oxygen atoms in total. The number of hydrogen-bond donors (Lipinski definition) is 1. The van der Waals surface area contributed by atoms with E-state index in [4.69, 9.17) is 5.11 Å². The Kier molecular flexibility index (Phi) is 2.80. The Morgan fingerprint density at radius 1 is 1.00 bits per heavy atom. The van der Waals surface area contributed by atoms with Crippen LogP contribution >= 0.6 is 0 Å². The summed E-state index contributed by atoms with van der Waals surface area (Å²) in [4.78, 5) is 23.1. The summed E-state index contributed by atoms with van der Waals surface area (Å²) in [6, 6.07) is 0. The fourth-order valence-electron chi connectivity index (χ4n) is 4.85. The van der Waals surface area contributed by atoms with Crippen LogP contribution in [0.1, 0.15) is 38.5 Å². The second-order valence-corrected chi connectivity index (χ2v) is 6.51. The Morgan fingerprint density at radius 3 is 1.94 bits per heavy atom. The summed E-state index contributed by atoms with van der Waals surface area (Å²) in [7, 11) is 0. The normalized spacial score (nSPS) is 40.8. The van der Waals surface area contributed by atoms with Crippen LogP contribution in [-0.4, -0.2) is 16.9 Å². The van der Waals surface area contributed by atoms with Crippen molar-refractivity contribution >= 4 is 11.8 Å². The van der Waals surface area contributed by atoms with E-state index >= 15 is 0 Å². The highest BCUT2D eigenvalue weighted by molar-refractivity contribution is 5.95. The Labute approximate surface area is 107 Å². The summed E-state index contributed by atoms with van der Waals surface area (Å²) >= 11 is 0. The average Bonchev–Trinajstić information content (AvgIpc) is 2.26. The summed E-state index contributed by atoms with van der Waals surface area (Å²) in [5.74, 6) is 2.00. The molecular weight excluding hydrogens is 228 g/mol. The largest absolute Gasteiger partial charge is 0.478 e. The van der Waals surface area contributed by atoms with Crippen LogP contribution in [0.4, 0.5) is 0 Å². The first kappa shape index (κ1) is 11.9. The number of ketones is 1. The molecule has 4 fully saturated rings. The molecule has 0 radical (unpaired) electrons. The van der Waals surface area contributed by atoms with Crippen molar-refractivity contribution < 1.29 is 14.7 Å². The molecule has 0 atom stereocenters. The summed E-state index contributed by atoms with van der Waals surface area (Å²) in [5.41, 5.74) is 0.0498. The predicted molar refractivity (Wildman–Crippen MR) is 66.9 cm³/mol. The Bertz CT molecular complexity index is 382. The molecular formula is C15H20O3. The SMILES string of the molecule is C=C(CC(=O)C1C2CC3CC(C2)CC1C3)C(=O)O. The zero-order chi connectivity index (χ0) is 12.9. The first-order chi connectivity index (χ1) is 8.54. The monoisotopic (exact) mass is 248 g/mol. The molecule has 98 valence electrons. The number of carbonyl (C=O) groups is 2. The van der Waals surface area contributed by atoms with E-state index in [1.807, 2.05) is 0 Å². The van der Waals surface area contributed by atoms with Crippen molar-refractivity contribution in [3.05, 3.63) is 12.2 Å². The van der Waals surface area contributed by atoms with Crippen molar-refractivity contribution in [2.24, 2.45) is 29.6 Å². The maximum Gasteiger partial charge on any atom is 0.331 e. The van der Waals surface area contributed by atoms with Gasteiger partial charge in [0.15, 0.2) is 0 Å². The molecule has 4 rings (SSSR count). The van der Waals surface area contributed by atoms with E-state index in [1.165, 1.54) is 32.1 Å². The van der Waals surface area contributed by atoms with Gasteiger partial charge in [-0.15, -0.1) is 0 Å². The lowest BCUT2D eigenvalue weighted by Crippen LogP contribution is -2.48. The molecule has 0 saturated heterocycles. The molecule has 0 spiro atoms. The maximum absolute atomic E-state index is 12.3. The molecule has 0 aromatic rings. The van der Waals surface area contributed by atoms with Gasteiger partial charge in [-0.25, -0.2) is 4.79 Å². The third kappa shape index (κ3) is 1.90. The minimum atomic E-state index is -1.04. The first-order valence-electron chi connectivity index (χ1n) is 6.98. The molecule has 1 N–H and O–H groups in total. The zero-order valence-electron chi connectivity index (χ0n) is 10.6. The van der Waals surface area contributed by atoms with Crippen LogP contribution in [0.2, 0.25) is 0 Å². The third-order valence-corrected chi connectivity index (χ3v) is 5.29. The van der Waals surface area contributed by atoms with Crippen molar-refractivity contribution in [3.63, 3.8) is 0 Å². The first-order valence-corrected chi connectivity index (χ1v) is 6.98. The van der Waals surface area contributed by atoms with Gasteiger partial charge >= 0.3 is 5.97 Å². The average molecular weight is 248 g/mol. The third-order valence-electron chi connectivity index (χ3n) is 5.29. The van der Waals surface area contributed by atoms with Gasteiger partial charge in [-0.05, 0) is 55.8 Å². The van der Waals surface area contributed by atoms with Gasteiger partial charge in [0.05, 0.1) is 0 Å². The maximum atomic E-state index is 12.3. The highest BCUT2D eigenvalue weighted by atomic mass is 16.4. The van der Waals surface area contributed by atoms with Crippen molar-refractivity contribution in [1.82, 2.24) is 0 Å². The zero-order valence-corrected chi connectivity index (χ0v) is 10.6. The van der Waals surface area contributed by atoms with Crippen LogP contribution in [-0.2, 0) is 9.59 Å². The van der Waals surface area contributed by atoms with E-state index in [2.05, 4.69) is 6.58 Å². The molecule has 0 unspecified atom stereocenters. The lowest BCUT2D eigenvalue weighted by molar-refractivity contribution is -0.138. The second-order valence-electron chi connectivity index (χ2n) is 6.51. The fourth-order valence-corrected chi connectivity index (χ4v) is 4.85. The smallest absolute Gasteiger partial charge is 0.331 e. The quantitative estimate of drug-likeness (QED) is 0.778. The molecule has 4 bridgehead atoms. The molecule has 4 aliphatic carbocycles. The number of carboxylic acids is 1. The molecule has 4 aliphatic rings. The standard InChI is InChI=1S/C15H20O3/c1-8(15(17)18)2-13(16)14-11-4-9-3-10(6-11)7-12(14)5-9/h9-12,14H,1-7H2,(H,17,18). The van der Waals surface area contributed by atoms with Crippen LogP contribution in [0, 0.1) is 29.6 Å². The highest BCUT2D eigenvalue weighted by Crippen LogP contribution is 2.56. The molecule has 0 amide bonds. The minimum Gasteiger partial charge on any atom is -0.478 e. The summed E-state index contributed by atoms with van der Waals surface area (Å²) in [6.07, 6.45) is 6.20. The molecule has 0 heterocycles. The number of Topliss-reactive ketones (excluding diaryl/α,β-unsaturated/α-hetero) is 1. The van der Waals surface area contributed by atoms with Crippen molar-refractivity contribution in [2.45, 2.75) is 38.5 Å². The van der Waals surface area contributed by atoms with E-state index in [-0.39, 0.29) is 23.7 Å².